The molecule has 2 atom stereocenters. The van der Waals surface area contributed by atoms with Crippen LogP contribution < -0.4 is 10.6 Å². The zero-order chi connectivity index (χ0) is 18.0. The highest BCUT2D eigenvalue weighted by atomic mass is 19.1. The summed E-state index contributed by atoms with van der Waals surface area (Å²) in [6.07, 6.45) is 4.06. The fraction of sp³-hybridized carbons (Fsp3) is 0.333. The minimum absolute atomic E-state index is 0.0143. The summed E-state index contributed by atoms with van der Waals surface area (Å²) in [6, 6.07) is 10.1. The zero-order valence-corrected chi connectivity index (χ0v) is 14.9. The van der Waals surface area contributed by atoms with Crippen LogP contribution in [0.5, 0.6) is 0 Å². The lowest BCUT2D eigenvalue weighted by atomic mass is 9.95. The van der Waals surface area contributed by atoms with Crippen LogP contribution in [0.1, 0.15) is 43.9 Å². The summed E-state index contributed by atoms with van der Waals surface area (Å²) in [7, 11) is 0. The Bertz CT molecular complexity index is 781. The minimum Gasteiger partial charge on any atom is -0.386 e. The maximum absolute atomic E-state index is 14.9. The molecule has 0 aliphatic carbocycles. The van der Waals surface area contributed by atoms with Gasteiger partial charge in [0, 0.05) is 36.0 Å². The van der Waals surface area contributed by atoms with E-state index in [4.69, 9.17) is 0 Å². The molecule has 132 valence electrons. The van der Waals surface area contributed by atoms with Crippen molar-refractivity contribution in [2.24, 2.45) is 0 Å². The quantitative estimate of drug-likeness (QED) is 0.780. The molecule has 25 heavy (non-hydrogen) atoms. The zero-order valence-electron chi connectivity index (χ0n) is 14.9. The summed E-state index contributed by atoms with van der Waals surface area (Å²) in [6.45, 7) is 6.00. The van der Waals surface area contributed by atoms with Gasteiger partial charge in [0.05, 0.1) is 0 Å². The third kappa shape index (κ3) is 3.68. The van der Waals surface area contributed by atoms with Crippen molar-refractivity contribution in [3.63, 3.8) is 0 Å². The van der Waals surface area contributed by atoms with Gasteiger partial charge in [-0.3, -0.25) is 0 Å². The predicted octanol–water partition coefficient (Wildman–Crippen LogP) is 5.20. The van der Waals surface area contributed by atoms with E-state index in [1.807, 2.05) is 19.2 Å². The molecule has 0 bridgehead atoms. The van der Waals surface area contributed by atoms with Crippen LogP contribution >= 0.6 is 0 Å². The van der Waals surface area contributed by atoms with Crippen molar-refractivity contribution in [1.29, 1.82) is 0 Å². The average molecular weight is 342 g/mol. The molecule has 2 aromatic carbocycles. The second-order valence-electron chi connectivity index (χ2n) is 6.66. The fourth-order valence-electron chi connectivity index (χ4n) is 3.34. The second kappa shape index (κ2) is 7.26. The van der Waals surface area contributed by atoms with E-state index >= 15 is 0 Å². The van der Waals surface area contributed by atoms with Crippen molar-refractivity contribution in [1.82, 2.24) is 10.6 Å². The van der Waals surface area contributed by atoms with Gasteiger partial charge in [0.25, 0.3) is 0 Å². The monoisotopic (exact) mass is 342 g/mol. The minimum atomic E-state index is -0.320. The highest BCUT2D eigenvalue weighted by molar-refractivity contribution is 5.66. The van der Waals surface area contributed by atoms with Gasteiger partial charge in [-0.2, -0.15) is 0 Å². The van der Waals surface area contributed by atoms with E-state index in [0.717, 1.165) is 24.1 Å². The van der Waals surface area contributed by atoms with Gasteiger partial charge in [-0.15, -0.1) is 0 Å². The molecular formula is C21H24F2N2. The highest BCUT2D eigenvalue weighted by Crippen LogP contribution is 2.30. The van der Waals surface area contributed by atoms with E-state index in [0.29, 0.717) is 22.7 Å². The van der Waals surface area contributed by atoms with Crippen molar-refractivity contribution in [3.05, 3.63) is 71.1 Å². The number of rotatable bonds is 5. The van der Waals surface area contributed by atoms with Crippen molar-refractivity contribution >= 4 is 0 Å². The smallest absolute Gasteiger partial charge is 0.134 e. The third-order valence-corrected chi connectivity index (χ3v) is 4.90. The lowest BCUT2D eigenvalue weighted by Gasteiger charge is -2.20. The first kappa shape index (κ1) is 17.5. The molecule has 0 saturated carbocycles. The van der Waals surface area contributed by atoms with E-state index in [2.05, 4.69) is 17.6 Å². The van der Waals surface area contributed by atoms with Crippen LogP contribution in [0.3, 0.4) is 0 Å². The standard InChI is InChI=1S/C21H24F2N2/c1-4-17-11-18(12-24-17)25-14(3)19-9-10-20(21(23)13(19)2)15-5-7-16(22)8-6-15/h5-10,12,14,17,24-25H,4,11H2,1-3H3/t14?,17-/m0/s1. The van der Waals surface area contributed by atoms with Crippen LogP contribution in [0.2, 0.25) is 0 Å². The molecule has 2 nitrogen and oxygen atoms in total. The van der Waals surface area contributed by atoms with Crippen LogP contribution in [0.15, 0.2) is 48.3 Å². The number of halogens is 2. The third-order valence-electron chi connectivity index (χ3n) is 4.90. The Labute approximate surface area is 148 Å². The number of benzene rings is 2. The Hall–Kier alpha value is -2.36. The number of nitrogens with one attached hydrogen (secondary N) is 2. The number of hydrogen-bond donors (Lipinski definition) is 2. The fourth-order valence-corrected chi connectivity index (χ4v) is 3.34. The molecule has 0 spiro atoms. The van der Waals surface area contributed by atoms with Gasteiger partial charge in [0.1, 0.15) is 11.6 Å². The van der Waals surface area contributed by atoms with Gasteiger partial charge >= 0.3 is 0 Å². The molecule has 1 unspecified atom stereocenters. The van der Waals surface area contributed by atoms with E-state index in [1.165, 1.54) is 12.1 Å². The van der Waals surface area contributed by atoms with E-state index in [-0.39, 0.29) is 17.7 Å². The van der Waals surface area contributed by atoms with Crippen LogP contribution in [-0.4, -0.2) is 6.04 Å². The van der Waals surface area contributed by atoms with Gasteiger partial charge in [-0.1, -0.05) is 31.2 Å². The normalized spacial score (nSPS) is 17.8. The van der Waals surface area contributed by atoms with Crippen LogP contribution in [-0.2, 0) is 0 Å². The van der Waals surface area contributed by atoms with E-state index in [1.54, 1.807) is 25.1 Å². The van der Waals surface area contributed by atoms with Gasteiger partial charge < -0.3 is 10.6 Å². The van der Waals surface area contributed by atoms with E-state index in [9.17, 15) is 8.78 Å². The Morgan fingerprint density at radius 2 is 1.88 bits per heavy atom. The van der Waals surface area contributed by atoms with Crippen molar-refractivity contribution < 1.29 is 8.78 Å². The van der Waals surface area contributed by atoms with E-state index < -0.39 is 0 Å². The molecule has 0 aromatic heterocycles. The first-order valence-electron chi connectivity index (χ1n) is 8.76. The Kier molecular flexibility index (Phi) is 5.07. The highest BCUT2D eigenvalue weighted by Gasteiger charge is 2.19. The maximum Gasteiger partial charge on any atom is 0.134 e. The van der Waals surface area contributed by atoms with Crippen LogP contribution in [0.4, 0.5) is 8.78 Å². The van der Waals surface area contributed by atoms with Gasteiger partial charge in [-0.25, -0.2) is 8.78 Å². The summed E-state index contributed by atoms with van der Waals surface area (Å²) >= 11 is 0. The lowest BCUT2D eigenvalue weighted by Crippen LogP contribution is -2.20. The Balaban J connectivity index is 1.81. The molecule has 0 saturated heterocycles. The summed E-state index contributed by atoms with van der Waals surface area (Å²) in [5.74, 6) is -0.568. The molecule has 4 heteroatoms. The van der Waals surface area contributed by atoms with Crippen molar-refractivity contribution in [2.75, 3.05) is 0 Å². The number of hydrogen-bond acceptors (Lipinski definition) is 2. The molecule has 1 aliphatic rings. The summed E-state index contributed by atoms with van der Waals surface area (Å²) in [4.78, 5) is 0. The lowest BCUT2D eigenvalue weighted by molar-refractivity contribution is 0.565. The maximum atomic E-state index is 14.9. The SMILES string of the molecule is CC[C@H]1CC(NC(C)c2ccc(-c3ccc(F)cc3)c(F)c2C)=CN1. The molecule has 0 radical (unpaired) electrons. The Morgan fingerprint density at radius 3 is 2.52 bits per heavy atom. The average Bonchev–Trinajstić information content (AvgIpc) is 3.05. The Morgan fingerprint density at radius 1 is 1.16 bits per heavy atom. The second-order valence-corrected chi connectivity index (χ2v) is 6.66. The molecule has 1 heterocycles. The molecule has 3 rings (SSSR count). The van der Waals surface area contributed by atoms with Crippen molar-refractivity contribution in [3.8, 4) is 11.1 Å². The largest absolute Gasteiger partial charge is 0.386 e. The molecule has 2 N–H and O–H groups in total. The molecule has 1 aliphatic heterocycles. The van der Waals surface area contributed by atoms with Gasteiger partial charge in [0.2, 0.25) is 0 Å². The van der Waals surface area contributed by atoms with Crippen molar-refractivity contribution in [2.45, 2.75) is 45.7 Å². The molecule has 0 fully saturated rings. The molecule has 2 aromatic rings. The van der Waals surface area contributed by atoms with Gasteiger partial charge in [0.15, 0.2) is 0 Å². The van der Waals surface area contributed by atoms with Gasteiger partial charge in [-0.05, 0) is 49.1 Å². The topological polar surface area (TPSA) is 24.1 Å². The first-order chi connectivity index (χ1) is 12.0. The molecule has 0 amide bonds. The first-order valence-corrected chi connectivity index (χ1v) is 8.76. The molecular weight excluding hydrogens is 318 g/mol. The summed E-state index contributed by atoms with van der Waals surface area (Å²) in [5.41, 5.74) is 3.90. The summed E-state index contributed by atoms with van der Waals surface area (Å²) in [5, 5.41) is 6.82. The van der Waals surface area contributed by atoms with Crippen LogP contribution in [0, 0.1) is 18.6 Å². The predicted molar refractivity (Wildman–Crippen MR) is 98.0 cm³/mol. The van der Waals surface area contributed by atoms with Crippen LogP contribution in [0.25, 0.3) is 11.1 Å². The summed E-state index contributed by atoms with van der Waals surface area (Å²) < 4.78 is 28.0.